The van der Waals surface area contributed by atoms with Gasteiger partial charge in [-0.2, -0.15) is 0 Å². The first-order valence-electron chi connectivity index (χ1n) is 8.80. The molecule has 0 saturated heterocycles. The molecule has 0 bridgehead atoms. The van der Waals surface area contributed by atoms with Gasteiger partial charge in [-0.25, -0.2) is 13.4 Å². The quantitative estimate of drug-likeness (QED) is 0.851. The van der Waals surface area contributed by atoms with Gasteiger partial charge in [-0.05, 0) is 40.5 Å². The molecule has 0 spiro atoms. The first-order chi connectivity index (χ1) is 11.2. The standard InChI is InChI=1S/C17H29N3O3S/c1-12(2)18-16(21)10-11-24(22,23)17-19-13(3)14(4)20(17)15-8-6-5-7-9-15/h12,15H,5-11H2,1-4H3,(H,18,21). The lowest BCUT2D eigenvalue weighted by molar-refractivity contribution is -0.121. The molecule has 1 aliphatic carbocycles. The van der Waals surface area contributed by atoms with Crippen molar-refractivity contribution in [2.24, 2.45) is 0 Å². The fraction of sp³-hybridized carbons (Fsp3) is 0.765. The van der Waals surface area contributed by atoms with Crippen LogP contribution in [0.3, 0.4) is 0 Å². The van der Waals surface area contributed by atoms with Gasteiger partial charge in [0.05, 0.1) is 11.4 Å². The molecule has 0 atom stereocenters. The van der Waals surface area contributed by atoms with Crippen LogP contribution in [0.4, 0.5) is 0 Å². The molecule has 1 N–H and O–H groups in total. The lowest BCUT2D eigenvalue weighted by Crippen LogP contribution is -2.31. The van der Waals surface area contributed by atoms with Crippen LogP contribution in [0.25, 0.3) is 0 Å². The van der Waals surface area contributed by atoms with E-state index in [0.29, 0.717) is 0 Å². The molecule has 1 amide bonds. The molecule has 0 radical (unpaired) electrons. The Bertz CT molecular complexity index is 686. The summed E-state index contributed by atoms with van der Waals surface area (Å²) in [6, 6.07) is 0.211. The summed E-state index contributed by atoms with van der Waals surface area (Å²) in [5, 5.41) is 2.87. The van der Waals surface area contributed by atoms with Gasteiger partial charge in [0, 0.05) is 24.2 Å². The Hall–Kier alpha value is -1.37. The number of aromatic nitrogens is 2. The third-order valence-electron chi connectivity index (χ3n) is 4.62. The Balaban J connectivity index is 2.23. The number of hydrogen-bond donors (Lipinski definition) is 1. The molecular weight excluding hydrogens is 326 g/mol. The number of imidazole rings is 1. The first kappa shape index (κ1) is 19.0. The van der Waals surface area contributed by atoms with Gasteiger partial charge < -0.3 is 9.88 Å². The molecule has 1 aromatic rings. The first-order valence-corrected chi connectivity index (χ1v) is 10.4. The number of carbonyl (C=O) groups is 1. The van der Waals surface area contributed by atoms with Crippen molar-refractivity contribution in [2.45, 2.75) is 83.5 Å². The number of rotatable bonds is 6. The summed E-state index contributed by atoms with van der Waals surface area (Å²) >= 11 is 0. The SMILES string of the molecule is Cc1nc(S(=O)(=O)CCC(=O)NC(C)C)n(C2CCCCC2)c1C. The second-order valence-electron chi connectivity index (χ2n) is 7.02. The Kier molecular flexibility index (Phi) is 6.06. The zero-order chi connectivity index (χ0) is 17.9. The molecule has 2 rings (SSSR count). The number of aryl methyl sites for hydroxylation is 1. The van der Waals surface area contributed by atoms with Gasteiger partial charge in [0.15, 0.2) is 0 Å². The predicted molar refractivity (Wildman–Crippen MR) is 93.8 cm³/mol. The number of amides is 1. The van der Waals surface area contributed by atoms with Gasteiger partial charge in [0.2, 0.25) is 20.9 Å². The van der Waals surface area contributed by atoms with Crippen molar-refractivity contribution in [1.29, 1.82) is 0 Å². The number of nitrogens with zero attached hydrogens (tertiary/aromatic N) is 2. The van der Waals surface area contributed by atoms with E-state index in [2.05, 4.69) is 10.3 Å². The van der Waals surface area contributed by atoms with E-state index in [1.807, 2.05) is 32.3 Å². The van der Waals surface area contributed by atoms with Gasteiger partial charge >= 0.3 is 0 Å². The Labute approximate surface area is 145 Å². The summed E-state index contributed by atoms with van der Waals surface area (Å²) in [5.74, 6) is -0.438. The minimum Gasteiger partial charge on any atom is -0.354 e. The van der Waals surface area contributed by atoms with Crippen LogP contribution in [0.15, 0.2) is 5.16 Å². The van der Waals surface area contributed by atoms with Crippen LogP contribution in [-0.4, -0.2) is 35.7 Å². The molecule has 1 aliphatic rings. The fourth-order valence-corrected chi connectivity index (χ4v) is 4.80. The highest BCUT2D eigenvalue weighted by molar-refractivity contribution is 7.91. The maximum absolute atomic E-state index is 12.8. The normalized spacial score (nSPS) is 16.5. The van der Waals surface area contributed by atoms with Crippen molar-refractivity contribution < 1.29 is 13.2 Å². The summed E-state index contributed by atoms with van der Waals surface area (Å²) in [7, 11) is -3.58. The Morgan fingerprint density at radius 1 is 1.25 bits per heavy atom. The molecule has 1 heterocycles. The predicted octanol–water partition coefficient (Wildman–Crippen LogP) is 2.69. The summed E-state index contributed by atoms with van der Waals surface area (Å²) in [6.45, 7) is 7.49. The monoisotopic (exact) mass is 355 g/mol. The topological polar surface area (TPSA) is 81.1 Å². The minimum atomic E-state index is -3.58. The van der Waals surface area contributed by atoms with E-state index in [-0.39, 0.29) is 35.3 Å². The van der Waals surface area contributed by atoms with Crippen LogP contribution in [0, 0.1) is 13.8 Å². The van der Waals surface area contributed by atoms with Crippen molar-refractivity contribution >= 4 is 15.7 Å². The number of nitrogens with one attached hydrogen (secondary N) is 1. The minimum absolute atomic E-state index is 0.00826. The zero-order valence-corrected chi connectivity index (χ0v) is 15.9. The molecule has 6 nitrogen and oxygen atoms in total. The van der Waals surface area contributed by atoms with E-state index in [4.69, 9.17) is 0 Å². The number of hydrogen-bond acceptors (Lipinski definition) is 4. The van der Waals surface area contributed by atoms with E-state index in [1.54, 1.807) is 0 Å². The summed E-state index contributed by atoms with van der Waals surface area (Å²) in [6.07, 6.45) is 5.41. The highest BCUT2D eigenvalue weighted by Gasteiger charge is 2.29. The molecule has 24 heavy (non-hydrogen) atoms. The number of carbonyl (C=O) groups excluding carboxylic acids is 1. The Morgan fingerprint density at radius 3 is 2.46 bits per heavy atom. The molecule has 0 aromatic carbocycles. The van der Waals surface area contributed by atoms with Crippen molar-refractivity contribution in [1.82, 2.24) is 14.9 Å². The largest absolute Gasteiger partial charge is 0.354 e. The van der Waals surface area contributed by atoms with Crippen LogP contribution >= 0.6 is 0 Å². The van der Waals surface area contributed by atoms with Crippen LogP contribution < -0.4 is 5.32 Å². The molecule has 0 aliphatic heterocycles. The van der Waals surface area contributed by atoms with E-state index < -0.39 is 9.84 Å². The van der Waals surface area contributed by atoms with Crippen LogP contribution in [0.5, 0.6) is 0 Å². The molecule has 136 valence electrons. The molecular formula is C17H29N3O3S. The molecule has 1 fully saturated rings. The smallest absolute Gasteiger partial charge is 0.228 e. The third-order valence-corrected chi connectivity index (χ3v) is 6.21. The highest BCUT2D eigenvalue weighted by Crippen LogP contribution is 2.32. The molecule has 0 unspecified atom stereocenters. The van der Waals surface area contributed by atoms with E-state index >= 15 is 0 Å². The van der Waals surface area contributed by atoms with Crippen LogP contribution in [0.2, 0.25) is 0 Å². The maximum atomic E-state index is 12.8. The van der Waals surface area contributed by atoms with Crippen molar-refractivity contribution in [2.75, 3.05) is 5.75 Å². The average molecular weight is 356 g/mol. The van der Waals surface area contributed by atoms with Gasteiger partial charge in [0.25, 0.3) is 0 Å². The second-order valence-corrected chi connectivity index (χ2v) is 9.02. The van der Waals surface area contributed by atoms with Crippen molar-refractivity contribution in [3.05, 3.63) is 11.4 Å². The van der Waals surface area contributed by atoms with Gasteiger partial charge in [0.1, 0.15) is 0 Å². The van der Waals surface area contributed by atoms with Crippen LogP contribution in [-0.2, 0) is 14.6 Å². The number of sulfone groups is 1. The lowest BCUT2D eigenvalue weighted by Gasteiger charge is -2.26. The van der Waals surface area contributed by atoms with E-state index in [9.17, 15) is 13.2 Å². The molecule has 1 aromatic heterocycles. The molecule has 1 saturated carbocycles. The van der Waals surface area contributed by atoms with Gasteiger partial charge in [-0.15, -0.1) is 0 Å². The average Bonchev–Trinajstić information content (AvgIpc) is 2.82. The molecule has 7 heteroatoms. The summed E-state index contributed by atoms with van der Waals surface area (Å²) in [5.41, 5.74) is 1.68. The summed E-state index contributed by atoms with van der Waals surface area (Å²) in [4.78, 5) is 16.1. The van der Waals surface area contributed by atoms with Crippen LogP contribution in [0.1, 0.15) is 69.8 Å². The third kappa shape index (κ3) is 4.37. The van der Waals surface area contributed by atoms with Crippen molar-refractivity contribution in [3.8, 4) is 0 Å². The summed E-state index contributed by atoms with van der Waals surface area (Å²) < 4.78 is 27.5. The van der Waals surface area contributed by atoms with E-state index in [0.717, 1.165) is 37.1 Å². The van der Waals surface area contributed by atoms with E-state index in [1.165, 1.54) is 6.42 Å². The Morgan fingerprint density at radius 2 is 1.88 bits per heavy atom. The van der Waals surface area contributed by atoms with Crippen molar-refractivity contribution in [3.63, 3.8) is 0 Å². The van der Waals surface area contributed by atoms with Gasteiger partial charge in [-0.1, -0.05) is 19.3 Å². The van der Waals surface area contributed by atoms with Gasteiger partial charge in [-0.3, -0.25) is 4.79 Å². The second kappa shape index (κ2) is 7.68. The highest BCUT2D eigenvalue weighted by atomic mass is 32.2. The zero-order valence-electron chi connectivity index (χ0n) is 15.1. The fourth-order valence-electron chi connectivity index (χ4n) is 3.30. The maximum Gasteiger partial charge on any atom is 0.228 e. The lowest BCUT2D eigenvalue weighted by atomic mass is 9.95.